The molecule has 0 aromatic carbocycles. The van der Waals surface area contributed by atoms with Crippen molar-refractivity contribution in [2.75, 3.05) is 26.2 Å². The number of pyridine rings is 1. The average molecular weight is 249 g/mol. The fourth-order valence-corrected chi connectivity index (χ4v) is 2.60. The van der Waals surface area contributed by atoms with E-state index in [9.17, 15) is 4.79 Å². The number of rotatable bonds is 5. The molecule has 1 unspecified atom stereocenters. The molecule has 100 valence electrons. The third kappa shape index (κ3) is 3.43. The van der Waals surface area contributed by atoms with E-state index in [0.717, 1.165) is 32.7 Å². The summed E-state index contributed by atoms with van der Waals surface area (Å²) in [5.41, 5.74) is 0.0969. The second-order valence-electron chi connectivity index (χ2n) is 4.91. The molecule has 0 radical (unpaired) electrons. The maximum Gasteiger partial charge on any atom is 0.250 e. The topological polar surface area (TPSA) is 37.3 Å². The fourth-order valence-electron chi connectivity index (χ4n) is 2.60. The van der Waals surface area contributed by atoms with Gasteiger partial charge in [0.1, 0.15) is 0 Å². The first-order valence-electron chi connectivity index (χ1n) is 6.91. The van der Waals surface area contributed by atoms with E-state index >= 15 is 0 Å². The molecule has 1 atom stereocenters. The molecule has 4 heteroatoms. The normalized spacial score (nSPS) is 21.1. The van der Waals surface area contributed by atoms with E-state index in [2.05, 4.69) is 17.1 Å². The van der Waals surface area contributed by atoms with Crippen LogP contribution in [0.2, 0.25) is 0 Å². The van der Waals surface area contributed by atoms with Crippen LogP contribution in [0.1, 0.15) is 19.8 Å². The standard InChI is InChI=1S/C14H23N3O/c1-2-5-13-12-15-7-9-16(13)10-11-17-8-4-3-6-14(17)18/h3-4,6,8,13,15H,2,5,7,9-12H2,1H3. The van der Waals surface area contributed by atoms with Gasteiger partial charge >= 0.3 is 0 Å². The molecule has 4 nitrogen and oxygen atoms in total. The molecular weight excluding hydrogens is 226 g/mol. The Labute approximate surface area is 109 Å². The lowest BCUT2D eigenvalue weighted by Gasteiger charge is -2.36. The van der Waals surface area contributed by atoms with E-state index < -0.39 is 0 Å². The van der Waals surface area contributed by atoms with E-state index in [0.29, 0.717) is 6.04 Å². The highest BCUT2D eigenvalue weighted by molar-refractivity contribution is 4.93. The van der Waals surface area contributed by atoms with Crippen LogP contribution < -0.4 is 10.9 Å². The summed E-state index contributed by atoms with van der Waals surface area (Å²) in [6.07, 6.45) is 4.32. The molecule has 1 aliphatic rings. The Balaban J connectivity index is 1.92. The Kier molecular flexibility index (Phi) is 4.96. The second kappa shape index (κ2) is 6.71. The van der Waals surface area contributed by atoms with Crippen molar-refractivity contribution in [1.29, 1.82) is 0 Å². The summed E-state index contributed by atoms with van der Waals surface area (Å²) in [6, 6.07) is 5.97. The van der Waals surface area contributed by atoms with E-state index in [4.69, 9.17) is 0 Å². The molecule has 1 aromatic rings. The van der Waals surface area contributed by atoms with Crippen LogP contribution in [0.4, 0.5) is 0 Å². The lowest BCUT2D eigenvalue weighted by molar-refractivity contribution is 0.146. The van der Waals surface area contributed by atoms with Crippen LogP contribution in [0.5, 0.6) is 0 Å². The molecule has 2 heterocycles. The zero-order valence-corrected chi connectivity index (χ0v) is 11.1. The Morgan fingerprint density at radius 2 is 2.28 bits per heavy atom. The van der Waals surface area contributed by atoms with Gasteiger partial charge in [-0.05, 0) is 12.5 Å². The maximum absolute atomic E-state index is 11.6. The highest BCUT2D eigenvalue weighted by atomic mass is 16.1. The first-order chi connectivity index (χ1) is 8.81. The Morgan fingerprint density at radius 3 is 3.06 bits per heavy atom. The van der Waals surface area contributed by atoms with E-state index in [-0.39, 0.29) is 5.56 Å². The second-order valence-corrected chi connectivity index (χ2v) is 4.91. The molecule has 1 saturated heterocycles. The van der Waals surface area contributed by atoms with Gasteiger partial charge in [-0.25, -0.2) is 0 Å². The van der Waals surface area contributed by atoms with Crippen molar-refractivity contribution in [3.05, 3.63) is 34.7 Å². The molecule has 0 spiro atoms. The summed E-state index contributed by atoms with van der Waals surface area (Å²) in [5, 5.41) is 3.45. The van der Waals surface area contributed by atoms with Crippen LogP contribution in [0, 0.1) is 0 Å². The van der Waals surface area contributed by atoms with Crippen LogP contribution in [-0.2, 0) is 6.54 Å². The smallest absolute Gasteiger partial charge is 0.250 e. The van der Waals surface area contributed by atoms with Crippen molar-refractivity contribution < 1.29 is 0 Å². The fraction of sp³-hybridized carbons (Fsp3) is 0.643. The van der Waals surface area contributed by atoms with Crippen molar-refractivity contribution in [2.45, 2.75) is 32.4 Å². The number of hydrogen-bond donors (Lipinski definition) is 1. The summed E-state index contributed by atoms with van der Waals surface area (Å²) in [5.74, 6) is 0. The largest absolute Gasteiger partial charge is 0.314 e. The SMILES string of the molecule is CCCC1CNCCN1CCn1ccccc1=O. The van der Waals surface area contributed by atoms with Gasteiger partial charge in [0.2, 0.25) is 0 Å². The number of aromatic nitrogens is 1. The molecule has 2 rings (SSSR count). The van der Waals surface area contributed by atoms with Crippen molar-refractivity contribution in [3.63, 3.8) is 0 Å². The van der Waals surface area contributed by atoms with Crippen molar-refractivity contribution in [3.8, 4) is 0 Å². The van der Waals surface area contributed by atoms with Gasteiger partial charge in [-0.1, -0.05) is 19.4 Å². The van der Waals surface area contributed by atoms with Crippen LogP contribution in [0.3, 0.4) is 0 Å². The third-order valence-electron chi connectivity index (χ3n) is 3.62. The number of nitrogens with one attached hydrogen (secondary N) is 1. The molecule has 1 fully saturated rings. The van der Waals surface area contributed by atoms with Crippen LogP contribution in [0.15, 0.2) is 29.2 Å². The minimum atomic E-state index is 0.0969. The van der Waals surface area contributed by atoms with Crippen molar-refractivity contribution >= 4 is 0 Å². The van der Waals surface area contributed by atoms with Gasteiger partial charge in [0.15, 0.2) is 0 Å². The Bertz CT molecular complexity index is 414. The van der Waals surface area contributed by atoms with Gasteiger partial charge in [0, 0.05) is 51.0 Å². The van der Waals surface area contributed by atoms with Gasteiger partial charge < -0.3 is 9.88 Å². The van der Waals surface area contributed by atoms with Crippen molar-refractivity contribution in [1.82, 2.24) is 14.8 Å². The van der Waals surface area contributed by atoms with Crippen LogP contribution in [-0.4, -0.2) is 41.7 Å². The van der Waals surface area contributed by atoms with Crippen LogP contribution in [0.25, 0.3) is 0 Å². The zero-order valence-electron chi connectivity index (χ0n) is 11.1. The molecule has 0 bridgehead atoms. The monoisotopic (exact) mass is 249 g/mol. The van der Waals surface area contributed by atoms with Gasteiger partial charge in [0.05, 0.1) is 0 Å². The lowest BCUT2D eigenvalue weighted by Crippen LogP contribution is -2.52. The van der Waals surface area contributed by atoms with Crippen LogP contribution >= 0.6 is 0 Å². The summed E-state index contributed by atoms with van der Waals surface area (Å²) in [7, 11) is 0. The lowest BCUT2D eigenvalue weighted by atomic mass is 10.1. The first-order valence-corrected chi connectivity index (χ1v) is 6.91. The van der Waals surface area contributed by atoms with Gasteiger partial charge in [-0.15, -0.1) is 0 Å². The first kappa shape index (κ1) is 13.3. The quantitative estimate of drug-likeness (QED) is 0.843. The molecule has 1 aromatic heterocycles. The maximum atomic E-state index is 11.6. The van der Waals surface area contributed by atoms with Gasteiger partial charge in [-0.3, -0.25) is 9.69 Å². The zero-order chi connectivity index (χ0) is 12.8. The minimum Gasteiger partial charge on any atom is -0.314 e. The van der Waals surface area contributed by atoms with Gasteiger partial charge in [-0.2, -0.15) is 0 Å². The molecular formula is C14H23N3O. The molecule has 0 amide bonds. The van der Waals surface area contributed by atoms with E-state index in [1.807, 2.05) is 12.3 Å². The molecule has 18 heavy (non-hydrogen) atoms. The summed E-state index contributed by atoms with van der Waals surface area (Å²) in [6.45, 7) is 7.22. The molecule has 0 aliphatic carbocycles. The Hall–Kier alpha value is -1.13. The van der Waals surface area contributed by atoms with E-state index in [1.54, 1.807) is 16.7 Å². The summed E-state index contributed by atoms with van der Waals surface area (Å²) < 4.78 is 1.80. The highest BCUT2D eigenvalue weighted by Crippen LogP contribution is 2.09. The molecule has 1 aliphatic heterocycles. The molecule has 0 saturated carbocycles. The number of hydrogen-bond acceptors (Lipinski definition) is 3. The van der Waals surface area contributed by atoms with Gasteiger partial charge in [0.25, 0.3) is 5.56 Å². The predicted molar refractivity (Wildman–Crippen MR) is 73.8 cm³/mol. The summed E-state index contributed by atoms with van der Waals surface area (Å²) in [4.78, 5) is 14.1. The Morgan fingerprint density at radius 1 is 1.39 bits per heavy atom. The third-order valence-corrected chi connectivity index (χ3v) is 3.62. The van der Waals surface area contributed by atoms with E-state index in [1.165, 1.54) is 12.8 Å². The highest BCUT2D eigenvalue weighted by Gasteiger charge is 2.20. The average Bonchev–Trinajstić information content (AvgIpc) is 2.40. The summed E-state index contributed by atoms with van der Waals surface area (Å²) >= 11 is 0. The number of piperazine rings is 1. The molecule has 1 N–H and O–H groups in total. The van der Waals surface area contributed by atoms with Crippen molar-refractivity contribution in [2.24, 2.45) is 0 Å². The number of nitrogens with zero attached hydrogens (tertiary/aromatic N) is 2. The minimum absolute atomic E-state index is 0.0969. The predicted octanol–water partition coefficient (Wildman–Crippen LogP) is 0.922.